The van der Waals surface area contributed by atoms with Crippen LogP contribution in [0.3, 0.4) is 0 Å². The lowest BCUT2D eigenvalue weighted by molar-refractivity contribution is -0.143. The number of carbonyl (C=O) groups excluding carboxylic acids is 1. The number of hydrogen-bond donors (Lipinski definition) is 1. The molecule has 1 unspecified atom stereocenters. The average Bonchev–Trinajstić information content (AvgIpc) is 3.20. The van der Waals surface area contributed by atoms with Crippen molar-refractivity contribution in [1.82, 2.24) is 14.6 Å². The second kappa shape index (κ2) is 8.87. The molecular weight excluding hydrogens is 398 g/mol. The van der Waals surface area contributed by atoms with Crippen molar-refractivity contribution in [2.24, 2.45) is 0 Å². The van der Waals surface area contributed by atoms with Gasteiger partial charge in [-0.2, -0.15) is 4.31 Å². The first-order chi connectivity index (χ1) is 14.6. The second-order valence-corrected chi connectivity index (χ2v) is 8.53. The van der Waals surface area contributed by atoms with Crippen molar-refractivity contribution in [2.45, 2.75) is 30.1 Å². The summed E-state index contributed by atoms with van der Waals surface area (Å²) in [5.41, 5.74) is 2.80. The lowest BCUT2D eigenvalue weighted by atomic mass is 10.0. The van der Waals surface area contributed by atoms with Crippen LogP contribution >= 0.6 is 0 Å². The Labute approximate surface area is 178 Å². The molecule has 0 amide bonds. The molecule has 0 aliphatic carbocycles. The lowest BCUT2D eigenvalue weighted by Gasteiger charge is -2.29. The van der Waals surface area contributed by atoms with Gasteiger partial charge in [0.05, 0.1) is 24.2 Å². The first kappa shape index (κ1) is 20.4. The highest BCUT2D eigenvalue weighted by atomic mass is 32.2. The van der Waals surface area contributed by atoms with Crippen LogP contribution in [-0.2, 0) is 20.5 Å². The maximum absolute atomic E-state index is 13.8. The standard InChI is InChI=1S/C23H23N3O3S/c1-16-10-12-19(13-11-16)30(28)26-21(18-9-6-14-24-15-18)20(23(27)29-2)25-22(26)17-7-4-3-5-8-17/h3-15,20-22,25H,1-2H3/t20-,21+,22-,30?/m0/s1. The third-order valence-electron chi connectivity index (χ3n) is 5.19. The number of ether oxygens (including phenoxy) is 1. The van der Waals surface area contributed by atoms with Gasteiger partial charge in [-0.1, -0.05) is 54.1 Å². The molecule has 4 rings (SSSR count). The predicted molar refractivity (Wildman–Crippen MR) is 115 cm³/mol. The molecule has 154 valence electrons. The molecule has 0 saturated carbocycles. The Hall–Kier alpha value is -2.87. The van der Waals surface area contributed by atoms with E-state index in [0.29, 0.717) is 4.90 Å². The van der Waals surface area contributed by atoms with E-state index in [2.05, 4.69) is 10.3 Å². The van der Waals surface area contributed by atoms with E-state index < -0.39 is 35.2 Å². The smallest absolute Gasteiger partial charge is 0.324 e. The molecule has 1 N–H and O–H groups in total. The van der Waals surface area contributed by atoms with Crippen molar-refractivity contribution in [3.8, 4) is 0 Å². The van der Waals surface area contributed by atoms with Gasteiger partial charge in [-0.3, -0.25) is 15.1 Å². The van der Waals surface area contributed by atoms with E-state index in [9.17, 15) is 9.00 Å². The van der Waals surface area contributed by atoms with E-state index in [-0.39, 0.29) is 0 Å². The summed E-state index contributed by atoms with van der Waals surface area (Å²) in [5.74, 6) is -0.409. The highest BCUT2D eigenvalue weighted by Crippen LogP contribution is 2.41. The fourth-order valence-corrected chi connectivity index (χ4v) is 5.15. The highest BCUT2D eigenvalue weighted by Gasteiger charge is 2.49. The molecule has 0 spiro atoms. The van der Waals surface area contributed by atoms with Gasteiger partial charge in [0, 0.05) is 12.4 Å². The van der Waals surface area contributed by atoms with Gasteiger partial charge in [-0.05, 0) is 36.2 Å². The van der Waals surface area contributed by atoms with Crippen LogP contribution in [0.2, 0.25) is 0 Å². The van der Waals surface area contributed by atoms with Gasteiger partial charge < -0.3 is 4.74 Å². The van der Waals surface area contributed by atoms with Gasteiger partial charge in [0.1, 0.15) is 17.0 Å². The molecular formula is C23H23N3O3S. The number of pyridine rings is 1. The Kier molecular flexibility index (Phi) is 6.03. The number of hydrogen-bond acceptors (Lipinski definition) is 5. The highest BCUT2D eigenvalue weighted by molar-refractivity contribution is 7.82. The molecule has 1 aromatic heterocycles. The monoisotopic (exact) mass is 421 g/mol. The molecule has 7 heteroatoms. The fraction of sp³-hybridized carbons (Fsp3) is 0.217. The fourth-order valence-electron chi connectivity index (χ4n) is 3.71. The van der Waals surface area contributed by atoms with Crippen LogP contribution in [0.15, 0.2) is 84.0 Å². The maximum atomic E-state index is 13.8. The molecule has 3 aromatic rings. The van der Waals surface area contributed by atoms with Gasteiger partial charge in [0.15, 0.2) is 0 Å². The number of methoxy groups -OCH3 is 1. The molecule has 2 heterocycles. The molecule has 1 aliphatic heterocycles. The normalized spacial score (nSPS) is 22.5. The molecule has 0 radical (unpaired) electrons. The van der Waals surface area contributed by atoms with E-state index in [1.54, 1.807) is 12.4 Å². The minimum atomic E-state index is -1.53. The first-order valence-corrected chi connectivity index (χ1v) is 10.8. The summed E-state index contributed by atoms with van der Waals surface area (Å²) in [6, 6.07) is 19.8. The van der Waals surface area contributed by atoms with E-state index in [4.69, 9.17) is 4.74 Å². The minimum Gasteiger partial charge on any atom is -0.468 e. The number of benzene rings is 2. The lowest BCUT2D eigenvalue weighted by Crippen LogP contribution is -2.37. The Morgan fingerprint density at radius 2 is 1.73 bits per heavy atom. The molecule has 1 saturated heterocycles. The summed E-state index contributed by atoms with van der Waals surface area (Å²) in [6.45, 7) is 1.99. The molecule has 0 bridgehead atoms. The van der Waals surface area contributed by atoms with Crippen molar-refractivity contribution < 1.29 is 13.7 Å². The Balaban J connectivity index is 1.84. The molecule has 6 nitrogen and oxygen atoms in total. The van der Waals surface area contributed by atoms with Crippen LogP contribution in [0.25, 0.3) is 0 Å². The van der Waals surface area contributed by atoms with Crippen LogP contribution in [0.4, 0.5) is 0 Å². The maximum Gasteiger partial charge on any atom is 0.324 e. The third kappa shape index (κ3) is 3.92. The van der Waals surface area contributed by atoms with Crippen molar-refractivity contribution in [1.29, 1.82) is 0 Å². The number of rotatable bonds is 5. The van der Waals surface area contributed by atoms with Crippen LogP contribution in [-0.4, -0.2) is 32.6 Å². The predicted octanol–water partition coefficient (Wildman–Crippen LogP) is 3.30. The largest absolute Gasteiger partial charge is 0.468 e. The van der Waals surface area contributed by atoms with Gasteiger partial charge in [0.25, 0.3) is 0 Å². The quantitative estimate of drug-likeness (QED) is 0.640. The molecule has 30 heavy (non-hydrogen) atoms. The topological polar surface area (TPSA) is 71.5 Å². The Bertz CT molecular complexity index is 1030. The molecule has 1 aliphatic rings. The summed E-state index contributed by atoms with van der Waals surface area (Å²) in [7, 11) is -0.170. The molecule has 1 fully saturated rings. The SMILES string of the molecule is COC(=O)[C@H]1N[C@H](c2ccccc2)N(S(=O)c2ccc(C)cc2)[C@@H]1c1cccnc1. The summed E-state index contributed by atoms with van der Waals surface area (Å²) < 4.78 is 20.7. The van der Waals surface area contributed by atoms with Crippen molar-refractivity contribution in [2.75, 3.05) is 7.11 Å². The number of carbonyl (C=O) groups is 1. The summed E-state index contributed by atoms with van der Waals surface area (Å²) >= 11 is 0. The summed E-state index contributed by atoms with van der Waals surface area (Å²) in [6.07, 6.45) is 2.94. The Morgan fingerprint density at radius 1 is 1.03 bits per heavy atom. The van der Waals surface area contributed by atoms with E-state index in [1.165, 1.54) is 7.11 Å². The van der Waals surface area contributed by atoms with Crippen molar-refractivity contribution in [3.63, 3.8) is 0 Å². The van der Waals surface area contributed by atoms with Crippen LogP contribution < -0.4 is 5.32 Å². The van der Waals surface area contributed by atoms with Gasteiger partial charge in [-0.15, -0.1) is 0 Å². The van der Waals surface area contributed by atoms with Crippen molar-refractivity contribution in [3.05, 3.63) is 95.8 Å². The molecule has 4 atom stereocenters. The number of aromatic nitrogens is 1. The third-order valence-corrected chi connectivity index (χ3v) is 6.69. The van der Waals surface area contributed by atoms with Gasteiger partial charge >= 0.3 is 5.97 Å². The molecule has 2 aromatic carbocycles. The van der Waals surface area contributed by atoms with E-state index in [1.807, 2.05) is 78.0 Å². The van der Waals surface area contributed by atoms with Crippen LogP contribution in [0, 0.1) is 6.92 Å². The first-order valence-electron chi connectivity index (χ1n) is 9.66. The number of nitrogens with one attached hydrogen (secondary N) is 1. The number of aryl methyl sites for hydroxylation is 1. The van der Waals surface area contributed by atoms with Gasteiger partial charge in [-0.25, -0.2) is 4.21 Å². The van der Waals surface area contributed by atoms with E-state index >= 15 is 0 Å². The number of nitrogens with zero attached hydrogens (tertiary/aromatic N) is 2. The van der Waals surface area contributed by atoms with Gasteiger partial charge in [0.2, 0.25) is 0 Å². The zero-order valence-corrected chi connectivity index (χ0v) is 17.6. The van der Waals surface area contributed by atoms with Crippen LogP contribution in [0.5, 0.6) is 0 Å². The minimum absolute atomic E-state index is 0.409. The average molecular weight is 422 g/mol. The zero-order valence-electron chi connectivity index (χ0n) is 16.8. The number of esters is 1. The van der Waals surface area contributed by atoms with Crippen LogP contribution in [0.1, 0.15) is 28.9 Å². The van der Waals surface area contributed by atoms with Crippen molar-refractivity contribution >= 4 is 17.0 Å². The summed E-state index contributed by atoms with van der Waals surface area (Å²) in [5, 5.41) is 3.35. The second-order valence-electron chi connectivity index (χ2n) is 7.13. The van der Waals surface area contributed by atoms with E-state index in [0.717, 1.165) is 16.7 Å². The zero-order chi connectivity index (χ0) is 21.1. The Morgan fingerprint density at radius 3 is 2.37 bits per heavy atom. The summed E-state index contributed by atoms with van der Waals surface area (Å²) in [4.78, 5) is 17.6.